The number of halogens is 3. The lowest BCUT2D eigenvalue weighted by molar-refractivity contribution is -0.141. The zero-order valence-electron chi connectivity index (χ0n) is 17.0. The van der Waals surface area contributed by atoms with Crippen LogP contribution in [0.15, 0.2) is 54.6 Å². The number of nitrogens with zero attached hydrogens (tertiary/aromatic N) is 2. The number of rotatable bonds is 8. The zero-order chi connectivity index (χ0) is 22.6. The Kier molecular flexibility index (Phi) is 6.71. The molecule has 10 heteroatoms. The van der Waals surface area contributed by atoms with Crippen LogP contribution in [-0.2, 0) is 22.6 Å². The summed E-state index contributed by atoms with van der Waals surface area (Å²) in [5.41, 5.74) is 1.33. The highest BCUT2D eigenvalue weighted by Gasteiger charge is 2.35. The van der Waals surface area contributed by atoms with Gasteiger partial charge in [-0.25, -0.2) is 17.8 Å². The van der Waals surface area contributed by atoms with Gasteiger partial charge in [0, 0.05) is 12.1 Å². The van der Waals surface area contributed by atoms with E-state index in [9.17, 15) is 21.6 Å². The summed E-state index contributed by atoms with van der Waals surface area (Å²) < 4.78 is 70.9. The number of aromatic nitrogens is 2. The van der Waals surface area contributed by atoms with E-state index in [0.29, 0.717) is 42.1 Å². The lowest BCUT2D eigenvalue weighted by Crippen LogP contribution is -2.23. The lowest BCUT2D eigenvalue weighted by Gasteiger charge is -2.09. The molecule has 0 saturated carbocycles. The molecule has 3 rings (SSSR count). The minimum atomic E-state index is -4.57. The Labute approximate surface area is 178 Å². The average Bonchev–Trinajstić information content (AvgIpc) is 3.17. The van der Waals surface area contributed by atoms with Gasteiger partial charge in [0.25, 0.3) is 0 Å². The molecular weight excluding hydrogens is 431 g/mol. The largest absolute Gasteiger partial charge is 0.497 e. The number of nitrogens with one attached hydrogen (secondary N) is 1. The molecule has 0 spiro atoms. The van der Waals surface area contributed by atoms with Crippen molar-refractivity contribution >= 4 is 10.0 Å². The predicted octanol–water partition coefficient (Wildman–Crippen LogP) is 4.05. The van der Waals surface area contributed by atoms with Crippen molar-refractivity contribution in [2.75, 3.05) is 19.9 Å². The number of aryl methyl sites for hydroxylation is 1. The summed E-state index contributed by atoms with van der Waals surface area (Å²) in [5.74, 6) is 0.586. The highest BCUT2D eigenvalue weighted by Crippen LogP contribution is 2.33. The summed E-state index contributed by atoms with van der Waals surface area (Å²) in [4.78, 5) is 0. The highest BCUT2D eigenvalue weighted by molar-refractivity contribution is 7.88. The average molecular weight is 453 g/mol. The molecule has 0 fully saturated rings. The summed E-state index contributed by atoms with van der Waals surface area (Å²) in [6.07, 6.45) is -2.23. The van der Waals surface area contributed by atoms with E-state index in [1.807, 2.05) is 12.1 Å². The van der Waals surface area contributed by atoms with Crippen LogP contribution in [0.1, 0.15) is 17.7 Å². The number of hydrogen-bond donors (Lipinski definition) is 1. The smallest absolute Gasteiger partial charge is 0.435 e. The Bertz CT molecular complexity index is 1120. The van der Waals surface area contributed by atoms with E-state index >= 15 is 0 Å². The molecule has 0 saturated heterocycles. The van der Waals surface area contributed by atoms with E-state index in [0.717, 1.165) is 17.9 Å². The Morgan fingerprint density at radius 1 is 1.06 bits per heavy atom. The lowest BCUT2D eigenvalue weighted by atomic mass is 10.1. The summed E-state index contributed by atoms with van der Waals surface area (Å²) in [7, 11) is -1.72. The van der Waals surface area contributed by atoms with Gasteiger partial charge in [0.2, 0.25) is 10.0 Å². The number of sulfonamides is 1. The molecule has 0 unspecified atom stereocenters. The van der Waals surface area contributed by atoms with Gasteiger partial charge in [-0.3, -0.25) is 0 Å². The van der Waals surface area contributed by atoms with E-state index < -0.39 is 21.9 Å². The summed E-state index contributed by atoms with van der Waals surface area (Å²) >= 11 is 0. The van der Waals surface area contributed by atoms with Crippen LogP contribution in [0, 0.1) is 0 Å². The zero-order valence-corrected chi connectivity index (χ0v) is 17.8. The Hall–Kier alpha value is -2.85. The van der Waals surface area contributed by atoms with Crippen molar-refractivity contribution < 1.29 is 26.3 Å². The maximum Gasteiger partial charge on any atom is 0.435 e. The first-order valence-electron chi connectivity index (χ1n) is 9.42. The molecule has 6 nitrogen and oxygen atoms in total. The van der Waals surface area contributed by atoms with Crippen molar-refractivity contribution in [3.8, 4) is 22.7 Å². The fourth-order valence-corrected chi connectivity index (χ4v) is 3.55. The van der Waals surface area contributed by atoms with Gasteiger partial charge in [0.05, 0.1) is 24.7 Å². The van der Waals surface area contributed by atoms with Gasteiger partial charge < -0.3 is 4.74 Å². The van der Waals surface area contributed by atoms with Crippen LogP contribution in [0.5, 0.6) is 5.75 Å². The molecule has 166 valence electrons. The highest BCUT2D eigenvalue weighted by atomic mass is 32.2. The second kappa shape index (κ2) is 9.11. The van der Waals surface area contributed by atoms with Crippen LogP contribution in [0.3, 0.4) is 0 Å². The Morgan fingerprint density at radius 3 is 2.26 bits per heavy atom. The van der Waals surface area contributed by atoms with Gasteiger partial charge in [-0.15, -0.1) is 0 Å². The molecule has 3 aromatic rings. The molecule has 0 aliphatic carbocycles. The molecule has 2 aromatic carbocycles. The van der Waals surface area contributed by atoms with E-state index in [1.54, 1.807) is 36.4 Å². The van der Waals surface area contributed by atoms with Gasteiger partial charge >= 0.3 is 6.18 Å². The molecule has 0 aliphatic heterocycles. The fourth-order valence-electron chi connectivity index (χ4n) is 3.04. The van der Waals surface area contributed by atoms with Gasteiger partial charge in [0.15, 0.2) is 5.69 Å². The number of benzene rings is 2. The predicted molar refractivity (Wildman–Crippen MR) is 112 cm³/mol. The minimum Gasteiger partial charge on any atom is -0.497 e. The first kappa shape index (κ1) is 22.8. The quantitative estimate of drug-likeness (QED) is 0.523. The van der Waals surface area contributed by atoms with Crippen LogP contribution < -0.4 is 9.46 Å². The molecule has 1 aromatic heterocycles. The Balaban J connectivity index is 1.86. The maximum atomic E-state index is 13.3. The Morgan fingerprint density at radius 2 is 1.71 bits per heavy atom. The van der Waals surface area contributed by atoms with E-state index in [2.05, 4.69) is 9.82 Å². The third kappa shape index (κ3) is 6.08. The van der Waals surface area contributed by atoms with Crippen molar-refractivity contribution in [3.63, 3.8) is 0 Å². The minimum absolute atomic E-state index is 0.308. The summed E-state index contributed by atoms with van der Waals surface area (Å²) in [5, 5.41) is 3.78. The third-order valence-electron chi connectivity index (χ3n) is 4.57. The van der Waals surface area contributed by atoms with Crippen molar-refractivity contribution in [1.82, 2.24) is 14.5 Å². The SMILES string of the molecule is COc1ccc(-n2nc(C(F)(F)F)cc2-c2ccc(CCCNS(C)(=O)=O)cc2)cc1. The first-order valence-corrected chi connectivity index (χ1v) is 11.3. The first-order chi connectivity index (χ1) is 14.6. The van der Waals surface area contributed by atoms with Gasteiger partial charge in [0.1, 0.15) is 5.75 Å². The van der Waals surface area contributed by atoms with Crippen molar-refractivity contribution in [1.29, 1.82) is 0 Å². The van der Waals surface area contributed by atoms with Crippen LogP contribution >= 0.6 is 0 Å². The van der Waals surface area contributed by atoms with Crippen molar-refractivity contribution in [2.45, 2.75) is 19.0 Å². The number of alkyl halides is 3. The molecule has 31 heavy (non-hydrogen) atoms. The van der Waals surface area contributed by atoms with Gasteiger partial charge in [-0.1, -0.05) is 24.3 Å². The van der Waals surface area contributed by atoms with Gasteiger partial charge in [-0.05, 0) is 48.7 Å². The number of hydrogen-bond acceptors (Lipinski definition) is 4. The maximum absolute atomic E-state index is 13.3. The molecule has 1 heterocycles. The summed E-state index contributed by atoms with van der Waals surface area (Å²) in [6, 6.07) is 14.7. The fraction of sp³-hybridized carbons (Fsp3) is 0.286. The molecule has 1 N–H and O–H groups in total. The van der Waals surface area contributed by atoms with Crippen LogP contribution in [0.2, 0.25) is 0 Å². The van der Waals surface area contributed by atoms with Gasteiger partial charge in [-0.2, -0.15) is 18.3 Å². The second-order valence-electron chi connectivity index (χ2n) is 6.99. The van der Waals surface area contributed by atoms with E-state index in [-0.39, 0.29) is 0 Å². The standard InChI is InChI=1S/C21H22F3N3O3S/c1-30-18-11-9-17(10-12-18)27-19(14-20(26-27)21(22,23)24)16-7-5-15(6-8-16)4-3-13-25-31(2,28)29/h5-12,14,25H,3-4,13H2,1-2H3. The van der Waals surface area contributed by atoms with E-state index in [1.165, 1.54) is 11.8 Å². The molecular formula is C21H22F3N3O3S. The van der Waals surface area contributed by atoms with Crippen LogP contribution in [-0.4, -0.2) is 38.1 Å². The summed E-state index contributed by atoms with van der Waals surface area (Å²) in [6.45, 7) is 0.319. The van der Waals surface area contributed by atoms with Crippen molar-refractivity contribution in [3.05, 3.63) is 65.9 Å². The molecule has 0 amide bonds. The normalized spacial score (nSPS) is 12.2. The third-order valence-corrected chi connectivity index (χ3v) is 5.30. The van der Waals surface area contributed by atoms with Crippen molar-refractivity contribution in [2.24, 2.45) is 0 Å². The topological polar surface area (TPSA) is 73.2 Å². The van der Waals surface area contributed by atoms with Crippen LogP contribution in [0.4, 0.5) is 13.2 Å². The number of ether oxygens (including phenoxy) is 1. The molecule has 0 radical (unpaired) electrons. The van der Waals surface area contributed by atoms with Crippen LogP contribution in [0.25, 0.3) is 16.9 Å². The molecule has 0 bridgehead atoms. The number of methoxy groups -OCH3 is 1. The second-order valence-corrected chi connectivity index (χ2v) is 8.82. The molecule has 0 atom stereocenters. The van der Waals surface area contributed by atoms with E-state index in [4.69, 9.17) is 4.74 Å². The molecule has 0 aliphatic rings. The monoisotopic (exact) mass is 453 g/mol.